The van der Waals surface area contributed by atoms with Gasteiger partial charge in [0.25, 0.3) is 5.91 Å². The van der Waals surface area contributed by atoms with Gasteiger partial charge < -0.3 is 10.1 Å². The Hall–Kier alpha value is -2.85. The van der Waals surface area contributed by atoms with E-state index in [1.807, 2.05) is 36.4 Å². The highest BCUT2D eigenvalue weighted by molar-refractivity contribution is 9.10. The van der Waals surface area contributed by atoms with Crippen molar-refractivity contribution < 1.29 is 9.53 Å². The Balaban J connectivity index is 1.84. The molecule has 0 fully saturated rings. The van der Waals surface area contributed by atoms with Crippen molar-refractivity contribution in [3.8, 4) is 11.8 Å². The van der Waals surface area contributed by atoms with Crippen molar-refractivity contribution in [2.45, 2.75) is 0 Å². The van der Waals surface area contributed by atoms with Gasteiger partial charge in [0.2, 0.25) is 0 Å². The number of amides is 1. The highest BCUT2D eigenvalue weighted by atomic mass is 79.9. The van der Waals surface area contributed by atoms with Gasteiger partial charge in [-0.2, -0.15) is 10.4 Å². The first-order valence-electron chi connectivity index (χ1n) is 7.09. The maximum atomic E-state index is 11.8. The Morgan fingerprint density at radius 1 is 1.25 bits per heavy atom. The molecule has 2 rings (SSSR count). The van der Waals surface area contributed by atoms with E-state index in [9.17, 15) is 4.79 Å². The van der Waals surface area contributed by atoms with E-state index in [1.54, 1.807) is 18.2 Å². The van der Waals surface area contributed by atoms with E-state index in [-0.39, 0.29) is 19.1 Å². The Morgan fingerprint density at radius 3 is 2.75 bits per heavy atom. The van der Waals surface area contributed by atoms with Crippen LogP contribution in [0.5, 0.6) is 5.75 Å². The zero-order chi connectivity index (χ0) is 17.2. The molecule has 0 bridgehead atoms. The second-order valence-electron chi connectivity index (χ2n) is 4.64. The van der Waals surface area contributed by atoms with E-state index in [1.165, 1.54) is 6.21 Å². The van der Waals surface area contributed by atoms with Crippen LogP contribution in [0, 0.1) is 11.3 Å². The quantitative estimate of drug-likeness (QED) is 0.565. The van der Waals surface area contributed by atoms with Gasteiger partial charge in [-0.3, -0.25) is 4.79 Å². The summed E-state index contributed by atoms with van der Waals surface area (Å²) in [5.74, 6) is 0.259. The van der Waals surface area contributed by atoms with Crippen molar-refractivity contribution in [3.63, 3.8) is 0 Å². The standard InChI is InChI=1S/C17H15BrN4O2/c18-14-5-7-15(8-6-14)20-12-17(23)22-21-11-13-3-1-2-4-16(13)24-10-9-19/h1-8,11,20H,10,12H2,(H,22,23)/b21-11-. The topological polar surface area (TPSA) is 86.5 Å². The van der Waals surface area contributed by atoms with Crippen LogP contribution in [0.1, 0.15) is 5.56 Å². The molecule has 0 unspecified atom stereocenters. The zero-order valence-electron chi connectivity index (χ0n) is 12.7. The van der Waals surface area contributed by atoms with Crippen LogP contribution in [0.4, 0.5) is 5.69 Å². The molecule has 0 heterocycles. The molecule has 0 radical (unpaired) electrons. The van der Waals surface area contributed by atoms with Crippen LogP contribution in [0.15, 0.2) is 58.1 Å². The van der Waals surface area contributed by atoms with Gasteiger partial charge in [-0.05, 0) is 36.4 Å². The number of carbonyl (C=O) groups is 1. The van der Waals surface area contributed by atoms with Crippen LogP contribution < -0.4 is 15.5 Å². The average Bonchev–Trinajstić information content (AvgIpc) is 2.60. The zero-order valence-corrected chi connectivity index (χ0v) is 14.3. The van der Waals surface area contributed by atoms with Gasteiger partial charge >= 0.3 is 0 Å². The Bertz CT molecular complexity index is 754. The van der Waals surface area contributed by atoms with E-state index in [2.05, 4.69) is 31.8 Å². The number of rotatable bonds is 7. The summed E-state index contributed by atoms with van der Waals surface area (Å²) < 4.78 is 6.25. The second kappa shape index (κ2) is 9.33. The lowest BCUT2D eigenvalue weighted by Crippen LogP contribution is -2.25. The van der Waals surface area contributed by atoms with Gasteiger partial charge in [0.15, 0.2) is 6.61 Å². The third-order valence-electron chi connectivity index (χ3n) is 2.90. The van der Waals surface area contributed by atoms with Crippen LogP contribution in [-0.2, 0) is 4.79 Å². The summed E-state index contributed by atoms with van der Waals surface area (Å²) in [5, 5.41) is 15.5. The number of nitrogens with zero attached hydrogens (tertiary/aromatic N) is 2. The molecule has 24 heavy (non-hydrogen) atoms. The number of hydrazone groups is 1. The molecule has 0 saturated heterocycles. The lowest BCUT2D eigenvalue weighted by atomic mass is 10.2. The van der Waals surface area contributed by atoms with Gasteiger partial charge in [-0.15, -0.1) is 0 Å². The van der Waals surface area contributed by atoms with Crippen LogP contribution in [0.3, 0.4) is 0 Å². The van der Waals surface area contributed by atoms with E-state index in [4.69, 9.17) is 10.00 Å². The molecule has 0 saturated carbocycles. The minimum absolute atomic E-state index is 0.0473. The highest BCUT2D eigenvalue weighted by Gasteiger charge is 2.02. The molecule has 1 amide bonds. The number of para-hydroxylation sites is 1. The van der Waals surface area contributed by atoms with Crippen LogP contribution in [0.2, 0.25) is 0 Å². The SMILES string of the molecule is N#CCOc1ccccc1/C=N\NC(=O)CNc1ccc(Br)cc1. The molecular weight excluding hydrogens is 372 g/mol. The van der Waals surface area contributed by atoms with Crippen molar-refractivity contribution in [2.75, 3.05) is 18.5 Å². The van der Waals surface area contributed by atoms with Crippen molar-refractivity contribution in [1.29, 1.82) is 5.26 Å². The van der Waals surface area contributed by atoms with Crippen molar-refractivity contribution in [1.82, 2.24) is 5.43 Å². The number of nitrogens with one attached hydrogen (secondary N) is 2. The largest absolute Gasteiger partial charge is 0.478 e. The predicted octanol–water partition coefficient (Wildman–Crippen LogP) is 2.91. The number of hydrogen-bond donors (Lipinski definition) is 2. The molecule has 0 aliphatic carbocycles. The highest BCUT2D eigenvalue weighted by Crippen LogP contribution is 2.15. The molecule has 0 aliphatic rings. The average molecular weight is 387 g/mol. The van der Waals surface area contributed by atoms with Gasteiger partial charge in [0.1, 0.15) is 11.8 Å². The van der Waals surface area contributed by atoms with E-state index in [0.29, 0.717) is 11.3 Å². The molecule has 2 N–H and O–H groups in total. The molecule has 0 aromatic heterocycles. The second-order valence-corrected chi connectivity index (χ2v) is 5.55. The third kappa shape index (κ3) is 5.74. The number of carbonyl (C=O) groups excluding carboxylic acids is 1. The fourth-order valence-electron chi connectivity index (χ4n) is 1.79. The van der Waals surface area contributed by atoms with Gasteiger partial charge in [0.05, 0.1) is 12.8 Å². The minimum atomic E-state index is -0.274. The number of hydrogen-bond acceptors (Lipinski definition) is 5. The van der Waals surface area contributed by atoms with Gasteiger partial charge in [-0.1, -0.05) is 28.1 Å². The van der Waals surface area contributed by atoms with Crippen LogP contribution in [-0.4, -0.2) is 25.3 Å². The van der Waals surface area contributed by atoms with Gasteiger partial charge in [0, 0.05) is 15.7 Å². The number of benzene rings is 2. The summed E-state index contributed by atoms with van der Waals surface area (Å²) in [7, 11) is 0. The molecule has 2 aromatic carbocycles. The monoisotopic (exact) mass is 386 g/mol. The molecule has 6 nitrogen and oxygen atoms in total. The summed E-state index contributed by atoms with van der Waals surface area (Å²) in [6, 6.07) is 16.5. The molecule has 0 spiro atoms. The maximum Gasteiger partial charge on any atom is 0.259 e. The summed E-state index contributed by atoms with van der Waals surface area (Å²) >= 11 is 3.35. The summed E-state index contributed by atoms with van der Waals surface area (Å²) in [4.78, 5) is 11.8. The molecule has 2 aromatic rings. The first-order chi connectivity index (χ1) is 11.7. The fourth-order valence-corrected chi connectivity index (χ4v) is 2.06. The molecule has 0 aliphatic heterocycles. The first kappa shape index (κ1) is 17.5. The summed E-state index contributed by atoms with van der Waals surface area (Å²) in [5.41, 5.74) is 3.95. The number of anilines is 1. The Morgan fingerprint density at radius 2 is 2.00 bits per heavy atom. The van der Waals surface area contributed by atoms with E-state index >= 15 is 0 Å². The van der Waals surface area contributed by atoms with Crippen LogP contribution >= 0.6 is 15.9 Å². The molecule has 122 valence electrons. The van der Waals surface area contributed by atoms with Crippen molar-refractivity contribution in [2.24, 2.45) is 5.10 Å². The van der Waals surface area contributed by atoms with Crippen molar-refractivity contribution >= 4 is 33.7 Å². The lowest BCUT2D eigenvalue weighted by molar-refractivity contribution is -0.119. The maximum absolute atomic E-state index is 11.8. The van der Waals surface area contributed by atoms with E-state index in [0.717, 1.165) is 10.2 Å². The number of halogens is 1. The summed E-state index contributed by atoms with van der Waals surface area (Å²) in [6.45, 7) is 0.0554. The molecule has 7 heteroatoms. The molecular formula is C17H15BrN4O2. The smallest absolute Gasteiger partial charge is 0.259 e. The number of nitriles is 1. The predicted molar refractivity (Wildman–Crippen MR) is 95.9 cm³/mol. The Kier molecular flexibility index (Phi) is 6.80. The number of ether oxygens (including phenoxy) is 1. The van der Waals surface area contributed by atoms with Crippen molar-refractivity contribution in [3.05, 3.63) is 58.6 Å². The minimum Gasteiger partial charge on any atom is -0.478 e. The van der Waals surface area contributed by atoms with Crippen LogP contribution in [0.25, 0.3) is 0 Å². The molecule has 0 atom stereocenters. The fraction of sp³-hybridized carbons (Fsp3) is 0.118. The van der Waals surface area contributed by atoms with Gasteiger partial charge in [-0.25, -0.2) is 5.43 Å². The Labute approximate surface area is 148 Å². The summed E-state index contributed by atoms with van der Waals surface area (Å²) in [6.07, 6.45) is 1.48. The first-order valence-corrected chi connectivity index (χ1v) is 7.88. The lowest BCUT2D eigenvalue weighted by Gasteiger charge is -2.06. The third-order valence-corrected chi connectivity index (χ3v) is 3.43. The van der Waals surface area contributed by atoms with E-state index < -0.39 is 0 Å². The normalized spacial score (nSPS) is 10.2.